The number of hydrogen-bond acceptors (Lipinski definition) is 3. The molecule has 6 heteroatoms. The predicted molar refractivity (Wildman–Crippen MR) is 62.4 cm³/mol. The van der Waals surface area contributed by atoms with E-state index in [1.165, 1.54) is 0 Å². The number of aryl methyl sites for hydroxylation is 2. The first kappa shape index (κ1) is 11.4. The molecule has 0 aliphatic rings. The molecule has 0 unspecified atom stereocenters. The molecule has 0 bridgehead atoms. The summed E-state index contributed by atoms with van der Waals surface area (Å²) in [7, 11) is 0. The third kappa shape index (κ3) is 2.52. The molecule has 0 saturated heterocycles. The van der Waals surface area contributed by atoms with Crippen LogP contribution in [0.3, 0.4) is 0 Å². The molecule has 0 aliphatic heterocycles. The molecule has 2 N–H and O–H groups in total. The Balaban J connectivity index is 2.04. The number of amides is 1. The fourth-order valence-electron chi connectivity index (χ4n) is 1.62. The standard InChI is InChI=1S/C11H15N5O/c1-3-16-10(4-8(2)15-16)11(17)12-5-9-6-13-14-7-9/h4,6-7H,3,5H2,1-2H3,(H,12,17)(H,13,14). The number of nitrogens with zero attached hydrogens (tertiary/aromatic N) is 3. The molecule has 2 aromatic rings. The molecule has 0 spiro atoms. The van der Waals surface area contributed by atoms with Gasteiger partial charge in [-0.3, -0.25) is 14.6 Å². The Hall–Kier alpha value is -2.11. The first-order valence-electron chi connectivity index (χ1n) is 5.51. The average Bonchev–Trinajstić information content (AvgIpc) is 2.94. The van der Waals surface area contributed by atoms with E-state index in [4.69, 9.17) is 0 Å². The Morgan fingerprint density at radius 1 is 1.59 bits per heavy atom. The second-order valence-electron chi connectivity index (χ2n) is 3.78. The molecular formula is C11H15N5O. The highest BCUT2D eigenvalue weighted by Crippen LogP contribution is 2.04. The summed E-state index contributed by atoms with van der Waals surface area (Å²) in [6.45, 7) is 4.98. The number of aromatic amines is 1. The van der Waals surface area contributed by atoms with E-state index in [1.807, 2.05) is 13.8 Å². The number of carbonyl (C=O) groups excluding carboxylic acids is 1. The lowest BCUT2D eigenvalue weighted by Gasteiger charge is -2.05. The van der Waals surface area contributed by atoms with Gasteiger partial charge in [-0.2, -0.15) is 10.2 Å². The van der Waals surface area contributed by atoms with E-state index < -0.39 is 0 Å². The highest BCUT2D eigenvalue weighted by molar-refractivity contribution is 5.92. The minimum absolute atomic E-state index is 0.117. The second kappa shape index (κ2) is 4.82. The maximum Gasteiger partial charge on any atom is 0.269 e. The summed E-state index contributed by atoms with van der Waals surface area (Å²) in [5, 5.41) is 13.6. The van der Waals surface area contributed by atoms with Crippen LogP contribution in [0.2, 0.25) is 0 Å². The minimum atomic E-state index is -0.117. The molecule has 90 valence electrons. The fourth-order valence-corrected chi connectivity index (χ4v) is 1.62. The number of nitrogens with one attached hydrogen (secondary N) is 2. The van der Waals surface area contributed by atoms with Gasteiger partial charge < -0.3 is 5.32 Å². The number of hydrogen-bond donors (Lipinski definition) is 2. The lowest BCUT2D eigenvalue weighted by molar-refractivity contribution is 0.0940. The summed E-state index contributed by atoms with van der Waals surface area (Å²) < 4.78 is 1.69. The Labute approximate surface area is 99.0 Å². The zero-order valence-electron chi connectivity index (χ0n) is 9.90. The monoisotopic (exact) mass is 233 g/mol. The minimum Gasteiger partial charge on any atom is -0.347 e. The van der Waals surface area contributed by atoms with Crippen molar-refractivity contribution in [2.75, 3.05) is 0 Å². The third-order valence-electron chi connectivity index (χ3n) is 2.44. The maximum atomic E-state index is 11.9. The second-order valence-corrected chi connectivity index (χ2v) is 3.78. The van der Waals surface area contributed by atoms with Crippen LogP contribution in [0.25, 0.3) is 0 Å². The molecule has 0 atom stereocenters. The molecule has 0 aliphatic carbocycles. The maximum absolute atomic E-state index is 11.9. The molecule has 0 fully saturated rings. The third-order valence-corrected chi connectivity index (χ3v) is 2.44. The molecule has 17 heavy (non-hydrogen) atoms. The van der Waals surface area contributed by atoms with Crippen molar-refractivity contribution in [1.29, 1.82) is 0 Å². The van der Waals surface area contributed by atoms with Crippen LogP contribution < -0.4 is 5.32 Å². The molecule has 0 radical (unpaired) electrons. The SMILES string of the molecule is CCn1nc(C)cc1C(=O)NCc1cn[nH]c1. The van der Waals surface area contributed by atoms with Crippen LogP contribution in [-0.4, -0.2) is 25.9 Å². The first-order chi connectivity index (χ1) is 8.20. The van der Waals surface area contributed by atoms with Crippen LogP contribution in [-0.2, 0) is 13.1 Å². The van der Waals surface area contributed by atoms with Gasteiger partial charge in [0.2, 0.25) is 0 Å². The normalized spacial score (nSPS) is 10.5. The molecular weight excluding hydrogens is 218 g/mol. The van der Waals surface area contributed by atoms with Crippen molar-refractivity contribution < 1.29 is 4.79 Å². The van der Waals surface area contributed by atoms with Gasteiger partial charge in [-0.25, -0.2) is 0 Å². The van der Waals surface area contributed by atoms with Crippen LogP contribution in [0.15, 0.2) is 18.5 Å². The van der Waals surface area contributed by atoms with E-state index in [1.54, 1.807) is 23.1 Å². The van der Waals surface area contributed by atoms with Crippen molar-refractivity contribution in [3.63, 3.8) is 0 Å². The van der Waals surface area contributed by atoms with Gasteiger partial charge in [-0.15, -0.1) is 0 Å². The first-order valence-corrected chi connectivity index (χ1v) is 5.51. The molecule has 0 saturated carbocycles. The van der Waals surface area contributed by atoms with Gasteiger partial charge in [0.15, 0.2) is 0 Å². The summed E-state index contributed by atoms with van der Waals surface area (Å²) in [4.78, 5) is 11.9. The lowest BCUT2D eigenvalue weighted by Crippen LogP contribution is -2.25. The van der Waals surface area contributed by atoms with Gasteiger partial charge in [-0.1, -0.05) is 0 Å². The Morgan fingerprint density at radius 3 is 3.06 bits per heavy atom. The van der Waals surface area contributed by atoms with Crippen molar-refractivity contribution in [1.82, 2.24) is 25.3 Å². The number of rotatable bonds is 4. The number of H-pyrrole nitrogens is 1. The van der Waals surface area contributed by atoms with Crippen molar-refractivity contribution in [2.45, 2.75) is 26.9 Å². The van der Waals surface area contributed by atoms with Gasteiger partial charge >= 0.3 is 0 Å². The van der Waals surface area contributed by atoms with Gasteiger partial charge in [-0.05, 0) is 19.9 Å². The van der Waals surface area contributed by atoms with E-state index in [0.717, 1.165) is 11.3 Å². The van der Waals surface area contributed by atoms with E-state index in [0.29, 0.717) is 18.8 Å². The number of carbonyl (C=O) groups is 1. The van der Waals surface area contributed by atoms with Gasteiger partial charge in [0.25, 0.3) is 5.91 Å². The van der Waals surface area contributed by atoms with Crippen LogP contribution in [0, 0.1) is 6.92 Å². The van der Waals surface area contributed by atoms with Gasteiger partial charge in [0, 0.05) is 24.8 Å². The molecule has 2 aromatic heterocycles. The van der Waals surface area contributed by atoms with Crippen LogP contribution in [0.1, 0.15) is 28.7 Å². The Morgan fingerprint density at radius 2 is 2.41 bits per heavy atom. The zero-order valence-corrected chi connectivity index (χ0v) is 9.90. The quantitative estimate of drug-likeness (QED) is 0.822. The average molecular weight is 233 g/mol. The molecule has 2 rings (SSSR count). The highest BCUT2D eigenvalue weighted by atomic mass is 16.2. The summed E-state index contributed by atoms with van der Waals surface area (Å²) >= 11 is 0. The number of aromatic nitrogens is 4. The van der Waals surface area contributed by atoms with Crippen molar-refractivity contribution in [3.05, 3.63) is 35.4 Å². The van der Waals surface area contributed by atoms with E-state index >= 15 is 0 Å². The van der Waals surface area contributed by atoms with Gasteiger partial charge in [0.05, 0.1) is 11.9 Å². The van der Waals surface area contributed by atoms with Crippen LogP contribution in [0.4, 0.5) is 0 Å². The molecule has 0 aromatic carbocycles. The van der Waals surface area contributed by atoms with E-state index in [2.05, 4.69) is 20.6 Å². The topological polar surface area (TPSA) is 75.6 Å². The Bertz CT molecular complexity index is 500. The predicted octanol–water partition coefficient (Wildman–Crippen LogP) is 0.865. The van der Waals surface area contributed by atoms with Crippen LogP contribution in [0.5, 0.6) is 0 Å². The highest BCUT2D eigenvalue weighted by Gasteiger charge is 2.12. The summed E-state index contributed by atoms with van der Waals surface area (Å²) in [5.41, 5.74) is 2.38. The molecule has 1 amide bonds. The zero-order chi connectivity index (χ0) is 12.3. The Kier molecular flexibility index (Phi) is 3.22. The smallest absolute Gasteiger partial charge is 0.269 e. The van der Waals surface area contributed by atoms with Gasteiger partial charge in [0.1, 0.15) is 5.69 Å². The van der Waals surface area contributed by atoms with E-state index in [9.17, 15) is 4.79 Å². The fraction of sp³-hybridized carbons (Fsp3) is 0.364. The van der Waals surface area contributed by atoms with Crippen molar-refractivity contribution in [2.24, 2.45) is 0 Å². The van der Waals surface area contributed by atoms with Crippen molar-refractivity contribution in [3.8, 4) is 0 Å². The largest absolute Gasteiger partial charge is 0.347 e. The van der Waals surface area contributed by atoms with Crippen LogP contribution >= 0.6 is 0 Å². The lowest BCUT2D eigenvalue weighted by atomic mass is 10.3. The molecule has 2 heterocycles. The van der Waals surface area contributed by atoms with Crippen molar-refractivity contribution >= 4 is 5.91 Å². The molecule has 6 nitrogen and oxygen atoms in total. The summed E-state index contributed by atoms with van der Waals surface area (Å²) in [5.74, 6) is -0.117. The summed E-state index contributed by atoms with van der Waals surface area (Å²) in [6, 6.07) is 1.79. The van der Waals surface area contributed by atoms with E-state index in [-0.39, 0.29) is 5.91 Å². The summed E-state index contributed by atoms with van der Waals surface area (Å²) in [6.07, 6.45) is 3.44.